The fourth-order valence-electron chi connectivity index (χ4n) is 1.34. The molecule has 1 aromatic rings. The molecule has 1 heterocycles. The van der Waals surface area contributed by atoms with Gasteiger partial charge in [0.25, 0.3) is 0 Å². The minimum absolute atomic E-state index is 0.453. The normalized spacial score (nSPS) is 11.8. The summed E-state index contributed by atoms with van der Waals surface area (Å²) >= 11 is 0. The van der Waals surface area contributed by atoms with Crippen molar-refractivity contribution in [3.63, 3.8) is 0 Å². The summed E-state index contributed by atoms with van der Waals surface area (Å²) in [6, 6.07) is 6.06. The molecule has 0 spiro atoms. The van der Waals surface area contributed by atoms with Crippen molar-refractivity contribution in [2.24, 2.45) is 0 Å². The predicted octanol–water partition coefficient (Wildman–Crippen LogP) is 2.55. The van der Waals surface area contributed by atoms with Gasteiger partial charge in [-0.05, 0) is 25.5 Å². The Kier molecular flexibility index (Phi) is 3.93. The molecule has 0 saturated carbocycles. The zero-order chi connectivity index (χ0) is 10.4. The Hall–Kier alpha value is -1.56. The number of anilines is 1. The van der Waals surface area contributed by atoms with Crippen LogP contribution in [0, 0.1) is 11.3 Å². The summed E-state index contributed by atoms with van der Waals surface area (Å²) in [5.74, 6) is 0. The topological polar surface area (TPSA) is 48.7 Å². The maximum Gasteiger partial charge on any atom is 0.140 e. The van der Waals surface area contributed by atoms with Crippen molar-refractivity contribution in [3.05, 3.63) is 24.0 Å². The molecule has 1 N–H and O–H groups in total. The average molecular weight is 189 g/mol. The van der Waals surface area contributed by atoms with E-state index in [9.17, 15) is 0 Å². The van der Waals surface area contributed by atoms with Crippen molar-refractivity contribution in [2.75, 3.05) is 5.32 Å². The molecule has 1 unspecified atom stereocenters. The highest BCUT2D eigenvalue weighted by Crippen LogP contribution is 2.09. The van der Waals surface area contributed by atoms with E-state index >= 15 is 0 Å². The quantitative estimate of drug-likeness (QED) is 0.791. The molecule has 0 aromatic carbocycles. The number of rotatable bonds is 4. The minimum Gasteiger partial charge on any atom is -0.381 e. The van der Waals surface area contributed by atoms with Gasteiger partial charge in [0.2, 0.25) is 0 Å². The first-order valence-corrected chi connectivity index (χ1v) is 4.89. The van der Waals surface area contributed by atoms with Crippen LogP contribution in [-0.2, 0) is 0 Å². The van der Waals surface area contributed by atoms with Crippen LogP contribution in [0.5, 0.6) is 0 Å². The van der Waals surface area contributed by atoms with Crippen LogP contribution in [0.1, 0.15) is 32.4 Å². The molecule has 0 saturated heterocycles. The summed E-state index contributed by atoms with van der Waals surface area (Å²) in [5.41, 5.74) is 1.43. The molecule has 0 radical (unpaired) electrons. The molecule has 0 fully saturated rings. The Labute approximate surface area is 84.8 Å². The standard InChI is InChI=1S/C11H15N3/c1-3-4-9(2)14-11-6-5-10(7-12)13-8-11/h5-6,8-9,14H,3-4H2,1-2H3. The van der Waals surface area contributed by atoms with E-state index in [4.69, 9.17) is 5.26 Å². The SMILES string of the molecule is CCCC(C)Nc1ccc(C#N)nc1. The second-order valence-electron chi connectivity index (χ2n) is 3.38. The van der Waals surface area contributed by atoms with Crippen molar-refractivity contribution >= 4 is 5.69 Å². The van der Waals surface area contributed by atoms with Gasteiger partial charge in [0.05, 0.1) is 11.9 Å². The fourth-order valence-corrected chi connectivity index (χ4v) is 1.34. The lowest BCUT2D eigenvalue weighted by Gasteiger charge is -2.13. The van der Waals surface area contributed by atoms with E-state index in [0.29, 0.717) is 11.7 Å². The number of aromatic nitrogens is 1. The van der Waals surface area contributed by atoms with Gasteiger partial charge in [-0.2, -0.15) is 5.26 Å². The summed E-state index contributed by atoms with van der Waals surface area (Å²) in [5, 5.41) is 11.9. The fraction of sp³-hybridized carbons (Fsp3) is 0.455. The van der Waals surface area contributed by atoms with Crippen molar-refractivity contribution < 1.29 is 0 Å². The minimum atomic E-state index is 0.453. The Morgan fingerprint density at radius 3 is 2.86 bits per heavy atom. The lowest BCUT2D eigenvalue weighted by Crippen LogP contribution is -2.14. The van der Waals surface area contributed by atoms with Crippen molar-refractivity contribution in [2.45, 2.75) is 32.7 Å². The first kappa shape index (κ1) is 10.5. The Bertz CT molecular complexity index is 310. The smallest absolute Gasteiger partial charge is 0.140 e. The maximum absolute atomic E-state index is 8.56. The van der Waals surface area contributed by atoms with Gasteiger partial charge in [-0.3, -0.25) is 0 Å². The number of hydrogen-bond acceptors (Lipinski definition) is 3. The van der Waals surface area contributed by atoms with Gasteiger partial charge < -0.3 is 5.32 Å². The highest BCUT2D eigenvalue weighted by molar-refractivity contribution is 5.43. The molecule has 3 nitrogen and oxygen atoms in total. The lowest BCUT2D eigenvalue weighted by molar-refractivity contribution is 0.690. The molecular formula is C11H15N3. The van der Waals surface area contributed by atoms with Crippen LogP contribution in [0.15, 0.2) is 18.3 Å². The Morgan fingerprint density at radius 2 is 2.36 bits per heavy atom. The van der Waals surface area contributed by atoms with Gasteiger partial charge in [0.1, 0.15) is 11.8 Å². The van der Waals surface area contributed by atoms with E-state index in [1.807, 2.05) is 12.1 Å². The third-order valence-electron chi connectivity index (χ3n) is 2.01. The molecule has 0 aliphatic heterocycles. The highest BCUT2D eigenvalue weighted by atomic mass is 14.9. The van der Waals surface area contributed by atoms with E-state index in [1.54, 1.807) is 12.3 Å². The summed E-state index contributed by atoms with van der Waals surface area (Å²) < 4.78 is 0. The highest BCUT2D eigenvalue weighted by Gasteiger charge is 2.00. The van der Waals surface area contributed by atoms with Crippen LogP contribution >= 0.6 is 0 Å². The van der Waals surface area contributed by atoms with Gasteiger partial charge in [-0.15, -0.1) is 0 Å². The first-order chi connectivity index (χ1) is 6.76. The van der Waals surface area contributed by atoms with Crippen molar-refractivity contribution in [1.82, 2.24) is 4.98 Å². The molecule has 14 heavy (non-hydrogen) atoms. The van der Waals surface area contributed by atoms with E-state index in [1.165, 1.54) is 0 Å². The lowest BCUT2D eigenvalue weighted by atomic mass is 10.2. The zero-order valence-corrected chi connectivity index (χ0v) is 8.62. The van der Waals surface area contributed by atoms with Crippen LogP contribution in [0.4, 0.5) is 5.69 Å². The van der Waals surface area contributed by atoms with E-state index in [-0.39, 0.29) is 0 Å². The molecule has 3 heteroatoms. The second-order valence-corrected chi connectivity index (χ2v) is 3.38. The summed E-state index contributed by atoms with van der Waals surface area (Å²) in [4.78, 5) is 3.99. The van der Waals surface area contributed by atoms with Gasteiger partial charge in [-0.1, -0.05) is 13.3 Å². The molecule has 0 aliphatic rings. The summed E-state index contributed by atoms with van der Waals surface area (Å²) in [6.45, 7) is 4.30. The monoisotopic (exact) mass is 189 g/mol. The van der Waals surface area contributed by atoms with Gasteiger partial charge >= 0.3 is 0 Å². The number of nitriles is 1. The molecule has 74 valence electrons. The predicted molar refractivity (Wildman–Crippen MR) is 56.9 cm³/mol. The molecule has 1 rings (SSSR count). The molecule has 1 atom stereocenters. The van der Waals surface area contributed by atoms with Crippen LogP contribution in [0.3, 0.4) is 0 Å². The van der Waals surface area contributed by atoms with Crippen LogP contribution in [0.2, 0.25) is 0 Å². The van der Waals surface area contributed by atoms with Crippen LogP contribution in [0.25, 0.3) is 0 Å². The number of nitrogens with zero attached hydrogens (tertiary/aromatic N) is 2. The van der Waals surface area contributed by atoms with Gasteiger partial charge in [-0.25, -0.2) is 4.98 Å². The van der Waals surface area contributed by atoms with E-state index < -0.39 is 0 Å². The molecule has 0 aliphatic carbocycles. The Morgan fingerprint density at radius 1 is 1.57 bits per heavy atom. The van der Waals surface area contributed by atoms with Gasteiger partial charge in [0, 0.05) is 6.04 Å². The number of nitrogens with one attached hydrogen (secondary N) is 1. The van der Waals surface area contributed by atoms with E-state index in [0.717, 1.165) is 18.5 Å². The van der Waals surface area contributed by atoms with Gasteiger partial charge in [0.15, 0.2) is 0 Å². The number of pyridine rings is 1. The van der Waals surface area contributed by atoms with Crippen molar-refractivity contribution in [1.29, 1.82) is 5.26 Å². The van der Waals surface area contributed by atoms with Crippen molar-refractivity contribution in [3.8, 4) is 6.07 Å². The number of hydrogen-bond donors (Lipinski definition) is 1. The second kappa shape index (κ2) is 5.23. The van der Waals surface area contributed by atoms with Crippen LogP contribution < -0.4 is 5.32 Å². The van der Waals surface area contributed by atoms with Crippen LogP contribution in [-0.4, -0.2) is 11.0 Å². The molecule has 0 amide bonds. The Balaban J connectivity index is 2.56. The zero-order valence-electron chi connectivity index (χ0n) is 8.62. The third kappa shape index (κ3) is 3.06. The third-order valence-corrected chi connectivity index (χ3v) is 2.01. The van der Waals surface area contributed by atoms with E-state index in [2.05, 4.69) is 24.1 Å². The maximum atomic E-state index is 8.56. The molecule has 1 aromatic heterocycles. The first-order valence-electron chi connectivity index (χ1n) is 4.89. The molecular weight excluding hydrogens is 174 g/mol. The molecule has 0 bridgehead atoms. The average Bonchev–Trinajstić information content (AvgIpc) is 2.19. The summed E-state index contributed by atoms with van der Waals surface area (Å²) in [7, 11) is 0. The largest absolute Gasteiger partial charge is 0.381 e. The summed E-state index contributed by atoms with van der Waals surface area (Å²) in [6.07, 6.45) is 4.00.